The minimum absolute atomic E-state index is 0. The van der Waals surface area contributed by atoms with E-state index >= 15 is 0 Å². The van der Waals surface area contributed by atoms with Crippen LogP contribution in [0.4, 0.5) is 0 Å². The van der Waals surface area contributed by atoms with Gasteiger partial charge in [-0.05, 0) is 85.8 Å². The second kappa shape index (κ2) is 33.8. The summed E-state index contributed by atoms with van der Waals surface area (Å²) in [6.45, 7) is 17.2. The van der Waals surface area contributed by atoms with Gasteiger partial charge in [0.15, 0.2) is 0 Å². The van der Waals surface area contributed by atoms with Gasteiger partial charge >= 0.3 is 61.6 Å². The number of hydrogen-bond acceptors (Lipinski definition) is 14. The van der Waals surface area contributed by atoms with E-state index < -0.39 is 53.9 Å². The van der Waals surface area contributed by atoms with Gasteiger partial charge in [-0.3, -0.25) is 0 Å². The first-order chi connectivity index (χ1) is 30.3. The van der Waals surface area contributed by atoms with E-state index in [9.17, 15) is 45.1 Å². The third-order valence-corrected chi connectivity index (χ3v) is 12.9. The molecule has 14 nitrogen and oxygen atoms in total. The SMILES string of the molecule is CCCCC(CC)COC(=O)c1cc(C(=O)OCC(CC)CCCC)cc(S(=O)(=O)[O-])c1.CCCCC(CC)COC(=O)c1cc(C(=O)OCC(CC)CCCC)cc(S(=O)(=O)[O-])c1.[Ca+2]. The summed E-state index contributed by atoms with van der Waals surface area (Å²) < 4.78 is 90.9. The Bertz CT molecular complexity index is 1710. The molecule has 0 radical (unpaired) electrons. The van der Waals surface area contributed by atoms with Crippen molar-refractivity contribution in [2.24, 2.45) is 23.7 Å². The van der Waals surface area contributed by atoms with Gasteiger partial charge in [0.25, 0.3) is 0 Å². The molecule has 0 aliphatic carbocycles. The minimum Gasteiger partial charge on any atom is -0.744 e. The van der Waals surface area contributed by atoms with E-state index in [1.54, 1.807) is 0 Å². The van der Waals surface area contributed by atoms with E-state index in [0.29, 0.717) is 0 Å². The molecule has 0 spiro atoms. The maximum Gasteiger partial charge on any atom is 2.00 e. The van der Waals surface area contributed by atoms with Crippen LogP contribution in [0.1, 0.15) is 200 Å². The molecule has 4 unspecified atom stereocenters. The van der Waals surface area contributed by atoms with Crippen molar-refractivity contribution in [2.75, 3.05) is 26.4 Å². The molecular formula is C48H74CaO14S2. The van der Waals surface area contributed by atoms with Crippen LogP contribution in [0.2, 0.25) is 0 Å². The van der Waals surface area contributed by atoms with Crippen molar-refractivity contribution in [1.29, 1.82) is 0 Å². The maximum atomic E-state index is 12.6. The molecule has 2 rings (SSSR count). The first-order valence-electron chi connectivity index (χ1n) is 23.2. The van der Waals surface area contributed by atoms with Gasteiger partial charge in [-0.1, -0.05) is 132 Å². The summed E-state index contributed by atoms with van der Waals surface area (Å²) in [5, 5.41) is 0. The molecule has 0 aliphatic heterocycles. The Morgan fingerprint density at radius 2 is 0.615 bits per heavy atom. The Morgan fingerprint density at radius 1 is 0.415 bits per heavy atom. The molecular weight excluding hydrogens is 905 g/mol. The fourth-order valence-electron chi connectivity index (χ4n) is 6.66. The zero-order valence-corrected chi connectivity index (χ0v) is 44.0. The Hall–Kier alpha value is -2.60. The molecule has 0 fully saturated rings. The van der Waals surface area contributed by atoms with E-state index in [-0.39, 0.29) is 110 Å². The van der Waals surface area contributed by atoms with E-state index in [1.807, 2.05) is 27.7 Å². The average Bonchev–Trinajstić information content (AvgIpc) is 3.28. The second-order valence-corrected chi connectivity index (χ2v) is 19.2. The molecule has 0 aliphatic rings. The van der Waals surface area contributed by atoms with Crippen molar-refractivity contribution in [3.63, 3.8) is 0 Å². The number of benzene rings is 2. The fraction of sp³-hybridized carbons (Fsp3) is 0.667. The molecule has 2 aromatic carbocycles. The summed E-state index contributed by atoms with van der Waals surface area (Å²) in [6.07, 6.45) is 15.3. The number of hydrogen-bond donors (Lipinski definition) is 0. The smallest absolute Gasteiger partial charge is 0.744 e. The van der Waals surface area contributed by atoms with E-state index in [4.69, 9.17) is 18.9 Å². The molecule has 0 amide bonds. The molecule has 364 valence electrons. The summed E-state index contributed by atoms with van der Waals surface area (Å²) >= 11 is 0. The molecule has 4 atom stereocenters. The van der Waals surface area contributed by atoms with Gasteiger partial charge in [-0.15, -0.1) is 0 Å². The Labute approximate surface area is 419 Å². The van der Waals surface area contributed by atoms with Gasteiger partial charge in [0.1, 0.15) is 20.2 Å². The molecule has 0 bridgehead atoms. The van der Waals surface area contributed by atoms with Gasteiger partial charge in [-0.25, -0.2) is 36.0 Å². The molecule has 0 saturated heterocycles. The Balaban J connectivity index is 0.00000124. The Kier molecular flexibility index (Phi) is 32.5. The largest absolute Gasteiger partial charge is 2.00 e. The number of ether oxygens (including phenoxy) is 4. The quantitative estimate of drug-likeness (QED) is 0.0308. The number of unbranched alkanes of at least 4 members (excludes halogenated alkanes) is 4. The standard InChI is InChI=1S/2C24H38O7S.Ca/c2*1-5-9-11-18(7-3)16-30-23(25)20-13-21(15-22(14-20)32(27,28)29)24(26)31-17-19(8-4)12-10-6-2;/h2*13-15,18-19H,5-12,16-17H2,1-4H3,(H,27,28,29);/q;;+2/p-2. The van der Waals surface area contributed by atoms with Crippen molar-refractivity contribution in [3.8, 4) is 0 Å². The Morgan fingerprint density at radius 3 is 0.769 bits per heavy atom. The molecule has 0 saturated carbocycles. The maximum absolute atomic E-state index is 12.6. The molecule has 0 N–H and O–H groups in total. The first kappa shape index (κ1) is 62.4. The monoisotopic (exact) mass is 978 g/mol. The normalized spacial score (nSPS) is 13.2. The summed E-state index contributed by atoms with van der Waals surface area (Å²) in [7, 11) is -9.75. The zero-order valence-electron chi connectivity index (χ0n) is 40.2. The minimum atomic E-state index is -4.88. The zero-order chi connectivity index (χ0) is 48.3. The summed E-state index contributed by atoms with van der Waals surface area (Å²) in [5.41, 5.74) is -0.621. The summed E-state index contributed by atoms with van der Waals surface area (Å²) in [6, 6.07) is 6.24. The van der Waals surface area contributed by atoms with Gasteiger partial charge in [0.2, 0.25) is 0 Å². The van der Waals surface area contributed by atoms with Crippen molar-refractivity contribution in [3.05, 3.63) is 58.7 Å². The molecule has 0 heterocycles. The van der Waals surface area contributed by atoms with Crippen LogP contribution in [0.5, 0.6) is 0 Å². The third-order valence-electron chi connectivity index (χ3n) is 11.3. The van der Waals surface area contributed by atoms with Gasteiger partial charge in [0.05, 0.1) is 58.5 Å². The van der Waals surface area contributed by atoms with Gasteiger partial charge in [0, 0.05) is 0 Å². The first-order valence-corrected chi connectivity index (χ1v) is 26.0. The molecule has 2 aromatic rings. The average molecular weight is 979 g/mol. The summed E-state index contributed by atoms with van der Waals surface area (Å²) in [4.78, 5) is 48.9. The van der Waals surface area contributed by atoms with Crippen LogP contribution >= 0.6 is 0 Å². The molecule has 17 heteroatoms. The van der Waals surface area contributed by atoms with Crippen LogP contribution in [0.15, 0.2) is 46.2 Å². The van der Waals surface area contributed by atoms with E-state index in [1.165, 1.54) is 12.1 Å². The number of carbonyl (C=O) groups is 4. The van der Waals surface area contributed by atoms with Crippen molar-refractivity contribution in [1.82, 2.24) is 0 Å². The predicted molar refractivity (Wildman–Crippen MR) is 249 cm³/mol. The molecule has 65 heavy (non-hydrogen) atoms. The van der Waals surface area contributed by atoms with Crippen molar-refractivity contribution in [2.45, 2.75) is 168 Å². The van der Waals surface area contributed by atoms with Crippen LogP contribution in [0, 0.1) is 23.7 Å². The molecule has 0 aromatic heterocycles. The fourth-order valence-corrected chi connectivity index (χ4v) is 7.74. The van der Waals surface area contributed by atoms with Crippen LogP contribution in [0.3, 0.4) is 0 Å². The van der Waals surface area contributed by atoms with Crippen molar-refractivity contribution >= 4 is 81.9 Å². The third kappa shape index (κ3) is 24.8. The van der Waals surface area contributed by atoms with E-state index in [2.05, 4.69) is 27.7 Å². The number of carbonyl (C=O) groups excluding carboxylic acids is 4. The van der Waals surface area contributed by atoms with Gasteiger partial charge in [-0.2, -0.15) is 0 Å². The van der Waals surface area contributed by atoms with Crippen molar-refractivity contribution < 1.29 is 64.1 Å². The van der Waals surface area contributed by atoms with Crippen LogP contribution < -0.4 is 0 Å². The van der Waals surface area contributed by atoms with E-state index in [0.717, 1.165) is 127 Å². The van der Waals surface area contributed by atoms with Crippen LogP contribution in [0.25, 0.3) is 0 Å². The van der Waals surface area contributed by atoms with Crippen LogP contribution in [-0.4, -0.2) is 114 Å². The number of rotatable bonds is 30. The van der Waals surface area contributed by atoms with Crippen LogP contribution in [-0.2, 0) is 39.2 Å². The summed E-state index contributed by atoms with van der Waals surface area (Å²) in [5.74, 6) is -2.29. The van der Waals surface area contributed by atoms with Gasteiger partial charge < -0.3 is 28.1 Å². The number of esters is 4. The topological polar surface area (TPSA) is 220 Å². The predicted octanol–water partition coefficient (Wildman–Crippen LogP) is 10.3. The second-order valence-electron chi connectivity index (χ2n) is 16.5.